The highest BCUT2D eigenvalue weighted by atomic mass is 19.0. The van der Waals surface area contributed by atoms with Crippen molar-refractivity contribution in [2.75, 3.05) is 13.1 Å². The Morgan fingerprint density at radius 3 is 1.22 bits per heavy atom. The Morgan fingerprint density at radius 1 is 0.667 bits per heavy atom. The largest absolute Gasteiger partial charge is 0.330 e. The van der Waals surface area contributed by atoms with Gasteiger partial charge in [-0.15, -0.1) is 0 Å². The Bertz CT molecular complexity index is 36.0. The van der Waals surface area contributed by atoms with Gasteiger partial charge in [-0.05, 0) is 25.9 Å². The summed E-state index contributed by atoms with van der Waals surface area (Å²) in [7, 11) is 0. The van der Waals surface area contributed by atoms with Crippen LogP contribution in [0, 0.1) is 0 Å². The van der Waals surface area contributed by atoms with Crippen LogP contribution in [0.2, 0.25) is 0 Å². The summed E-state index contributed by atoms with van der Waals surface area (Å²) in [6.07, 6.45) is 4.79. The minimum Gasteiger partial charge on any atom is -0.330 e. The van der Waals surface area contributed by atoms with Crippen LogP contribution in [-0.2, 0) is 0 Å². The smallest absolute Gasteiger partial charge is 0.00773 e. The number of rotatable bonds is 5. The van der Waals surface area contributed by atoms with E-state index in [9.17, 15) is 0 Å². The predicted molar refractivity (Wildman–Crippen MR) is 39.1 cm³/mol. The van der Waals surface area contributed by atoms with E-state index in [0.717, 1.165) is 25.9 Å². The molecule has 9 heavy (non-hydrogen) atoms. The van der Waals surface area contributed by atoms with Crippen LogP contribution in [0.4, 0.5) is 4.70 Å². The van der Waals surface area contributed by atoms with E-state index in [1.54, 1.807) is 0 Å². The molecule has 0 aromatic carbocycles. The van der Waals surface area contributed by atoms with Crippen LogP contribution >= 0.6 is 0 Å². The maximum absolute atomic E-state index is 5.28. The molecule has 0 saturated carbocycles. The lowest BCUT2D eigenvalue weighted by atomic mass is 10.2. The minimum absolute atomic E-state index is 0. The zero-order chi connectivity index (χ0) is 6.24. The van der Waals surface area contributed by atoms with Gasteiger partial charge in [0, 0.05) is 0 Å². The van der Waals surface area contributed by atoms with Crippen LogP contribution in [0.1, 0.15) is 25.7 Å². The third-order valence-corrected chi connectivity index (χ3v) is 1.16. The second kappa shape index (κ2) is 10.8. The molecule has 0 saturated heterocycles. The number of hydrogen-bond acceptors (Lipinski definition) is 2. The van der Waals surface area contributed by atoms with E-state index in [1.165, 1.54) is 12.8 Å². The molecule has 58 valence electrons. The van der Waals surface area contributed by atoms with Gasteiger partial charge in [0.25, 0.3) is 0 Å². The van der Waals surface area contributed by atoms with Crippen molar-refractivity contribution in [2.24, 2.45) is 11.5 Å². The van der Waals surface area contributed by atoms with Crippen molar-refractivity contribution in [1.29, 1.82) is 0 Å². The molecule has 0 aliphatic rings. The molecule has 0 aromatic heterocycles. The van der Waals surface area contributed by atoms with Crippen molar-refractivity contribution in [2.45, 2.75) is 25.7 Å². The summed E-state index contributed by atoms with van der Waals surface area (Å²) >= 11 is 0. The molecule has 0 atom stereocenters. The van der Waals surface area contributed by atoms with Crippen molar-refractivity contribution >= 4 is 0 Å². The average molecular weight is 136 g/mol. The molecule has 0 rings (SSSR count). The highest BCUT2D eigenvalue weighted by molar-refractivity contribution is 4.43. The number of halogens is 1. The average Bonchev–Trinajstić information content (AvgIpc) is 1.81. The quantitative estimate of drug-likeness (QED) is 0.544. The van der Waals surface area contributed by atoms with Gasteiger partial charge in [0.1, 0.15) is 0 Å². The Hall–Kier alpha value is -0.150. The highest BCUT2D eigenvalue weighted by Gasteiger charge is 1.83. The Kier molecular flexibility index (Phi) is 13.9. The Balaban J connectivity index is 0. The van der Waals surface area contributed by atoms with Gasteiger partial charge in [0.15, 0.2) is 0 Å². The van der Waals surface area contributed by atoms with Crippen LogP contribution in [0.25, 0.3) is 0 Å². The molecule has 0 radical (unpaired) electrons. The lowest BCUT2D eigenvalue weighted by Gasteiger charge is -1.94. The van der Waals surface area contributed by atoms with Gasteiger partial charge in [-0.3, -0.25) is 4.70 Å². The summed E-state index contributed by atoms with van der Waals surface area (Å²) in [5, 5.41) is 0. The molecule has 0 aliphatic heterocycles. The summed E-state index contributed by atoms with van der Waals surface area (Å²) in [6, 6.07) is 0. The predicted octanol–water partition coefficient (Wildman–Crippen LogP) is 0.617. The first-order valence-electron chi connectivity index (χ1n) is 3.32. The molecule has 2 nitrogen and oxygen atoms in total. The van der Waals surface area contributed by atoms with Crippen LogP contribution in [0.3, 0.4) is 0 Å². The van der Waals surface area contributed by atoms with E-state index in [0.29, 0.717) is 0 Å². The summed E-state index contributed by atoms with van der Waals surface area (Å²) in [6.45, 7) is 1.65. The summed E-state index contributed by atoms with van der Waals surface area (Å²) in [5.74, 6) is 0. The third-order valence-electron chi connectivity index (χ3n) is 1.16. The molecule has 0 bridgehead atoms. The minimum atomic E-state index is 0. The lowest BCUT2D eigenvalue weighted by molar-refractivity contribution is 0.653. The van der Waals surface area contributed by atoms with E-state index >= 15 is 0 Å². The van der Waals surface area contributed by atoms with E-state index in [4.69, 9.17) is 11.5 Å². The molecule has 0 spiro atoms. The molecule has 3 heteroatoms. The summed E-state index contributed by atoms with van der Waals surface area (Å²) < 4.78 is 0. The van der Waals surface area contributed by atoms with Gasteiger partial charge in [-0.1, -0.05) is 12.8 Å². The van der Waals surface area contributed by atoms with Crippen molar-refractivity contribution < 1.29 is 4.70 Å². The summed E-state index contributed by atoms with van der Waals surface area (Å²) in [5.41, 5.74) is 10.6. The number of hydrogen-bond donors (Lipinski definition) is 2. The van der Waals surface area contributed by atoms with Crippen molar-refractivity contribution in [1.82, 2.24) is 0 Å². The molecule has 0 aliphatic carbocycles. The van der Waals surface area contributed by atoms with Gasteiger partial charge >= 0.3 is 0 Å². The Morgan fingerprint density at radius 2 is 1.00 bits per heavy atom. The second-order valence-corrected chi connectivity index (χ2v) is 1.99. The monoisotopic (exact) mass is 136 g/mol. The normalized spacial score (nSPS) is 8.67. The van der Waals surface area contributed by atoms with Crippen LogP contribution in [0.5, 0.6) is 0 Å². The zero-order valence-electron chi connectivity index (χ0n) is 5.81. The van der Waals surface area contributed by atoms with Crippen molar-refractivity contribution in [3.8, 4) is 0 Å². The van der Waals surface area contributed by atoms with Crippen LogP contribution < -0.4 is 11.5 Å². The first-order chi connectivity index (χ1) is 3.91. The fourth-order valence-electron chi connectivity index (χ4n) is 0.642. The molecule has 0 aromatic rings. The molecule has 0 amide bonds. The lowest BCUT2D eigenvalue weighted by Crippen LogP contribution is -2.00. The van der Waals surface area contributed by atoms with E-state index in [-0.39, 0.29) is 4.70 Å². The van der Waals surface area contributed by atoms with E-state index in [2.05, 4.69) is 0 Å². The second-order valence-electron chi connectivity index (χ2n) is 1.99. The molecule has 4 N–H and O–H groups in total. The van der Waals surface area contributed by atoms with E-state index < -0.39 is 0 Å². The first kappa shape index (κ1) is 11.6. The van der Waals surface area contributed by atoms with Crippen LogP contribution in [-0.4, -0.2) is 13.1 Å². The van der Waals surface area contributed by atoms with Gasteiger partial charge in [-0.2, -0.15) is 0 Å². The van der Waals surface area contributed by atoms with Gasteiger partial charge in [0.2, 0.25) is 0 Å². The van der Waals surface area contributed by atoms with Gasteiger partial charge < -0.3 is 11.5 Å². The standard InChI is InChI=1S/C6H16N2.FH/c7-5-3-1-2-4-6-8;/h1-8H2;1H. The van der Waals surface area contributed by atoms with E-state index in [1.807, 2.05) is 0 Å². The van der Waals surface area contributed by atoms with Gasteiger partial charge in [0.05, 0.1) is 0 Å². The summed E-state index contributed by atoms with van der Waals surface area (Å²) in [4.78, 5) is 0. The molecule has 0 heterocycles. The SMILES string of the molecule is F.NCCCCCCN. The zero-order valence-corrected chi connectivity index (χ0v) is 5.81. The number of unbranched alkanes of at least 4 members (excludes halogenated alkanes) is 3. The number of nitrogens with two attached hydrogens (primary N) is 2. The maximum Gasteiger partial charge on any atom is -0.00773 e. The maximum atomic E-state index is 5.28. The fourth-order valence-corrected chi connectivity index (χ4v) is 0.642. The van der Waals surface area contributed by atoms with Gasteiger partial charge in [-0.25, -0.2) is 0 Å². The van der Waals surface area contributed by atoms with Crippen LogP contribution in [0.15, 0.2) is 0 Å². The molecule has 0 unspecified atom stereocenters. The van der Waals surface area contributed by atoms with Crippen molar-refractivity contribution in [3.05, 3.63) is 0 Å². The van der Waals surface area contributed by atoms with Crippen molar-refractivity contribution in [3.63, 3.8) is 0 Å². The fraction of sp³-hybridized carbons (Fsp3) is 1.00. The third kappa shape index (κ3) is 11.4. The Labute approximate surface area is 56.0 Å². The molecule has 0 fully saturated rings. The molecular formula is C6H17FN2. The first-order valence-corrected chi connectivity index (χ1v) is 3.32. The topological polar surface area (TPSA) is 52.0 Å². The highest BCUT2D eigenvalue weighted by Crippen LogP contribution is 1.95. The molecular weight excluding hydrogens is 119 g/mol.